The molecule has 3 heterocycles. The molecule has 1 aliphatic rings. The first-order valence-corrected chi connectivity index (χ1v) is 9.63. The molecular formula is C18H25N5O2S. The van der Waals surface area contributed by atoms with Crippen molar-refractivity contribution in [2.75, 3.05) is 25.9 Å². The van der Waals surface area contributed by atoms with E-state index in [-0.39, 0.29) is 23.5 Å². The van der Waals surface area contributed by atoms with Crippen molar-refractivity contribution in [3.05, 3.63) is 43.5 Å². The van der Waals surface area contributed by atoms with Crippen LogP contribution in [0, 0.1) is 6.92 Å². The van der Waals surface area contributed by atoms with Crippen LogP contribution < -0.4 is 11.3 Å². The number of rotatable bonds is 5. The Balaban J connectivity index is 1.63. The Morgan fingerprint density at radius 2 is 2.27 bits per heavy atom. The number of likely N-dealkylation sites (tertiary alicyclic amines) is 1. The monoisotopic (exact) mass is 375 g/mol. The molecule has 1 amide bonds. The zero-order valence-electron chi connectivity index (χ0n) is 15.4. The standard InChI is InChI=1S/C18H25N5O2S/c1-4-14-11(2)7-15(26-14)17(25)23-6-5-13(10-23)22(3)9-12-8-16(24)21-18(19)20-12/h7-8,13H,4-6,9-10H2,1-3H3,(H3,19,20,21,24)/t13-/m1/s1. The predicted molar refractivity (Wildman–Crippen MR) is 103 cm³/mol. The lowest BCUT2D eigenvalue weighted by molar-refractivity contribution is 0.0784. The maximum Gasteiger partial charge on any atom is 0.263 e. The Morgan fingerprint density at radius 1 is 1.50 bits per heavy atom. The maximum absolute atomic E-state index is 12.8. The molecule has 1 atom stereocenters. The summed E-state index contributed by atoms with van der Waals surface area (Å²) in [6, 6.07) is 3.71. The first-order valence-electron chi connectivity index (χ1n) is 8.82. The van der Waals surface area contributed by atoms with Crippen LogP contribution in [0.5, 0.6) is 0 Å². The van der Waals surface area contributed by atoms with Crippen LogP contribution in [0.2, 0.25) is 0 Å². The lowest BCUT2D eigenvalue weighted by atomic mass is 10.2. The summed E-state index contributed by atoms with van der Waals surface area (Å²) in [5.41, 5.74) is 7.20. The van der Waals surface area contributed by atoms with Crippen molar-refractivity contribution in [1.82, 2.24) is 19.8 Å². The van der Waals surface area contributed by atoms with Crippen LogP contribution in [0.4, 0.5) is 5.95 Å². The molecular weight excluding hydrogens is 350 g/mol. The lowest BCUT2D eigenvalue weighted by Crippen LogP contribution is -2.36. The van der Waals surface area contributed by atoms with Crippen molar-refractivity contribution >= 4 is 23.2 Å². The van der Waals surface area contributed by atoms with Crippen LogP contribution in [0.15, 0.2) is 16.9 Å². The van der Waals surface area contributed by atoms with Gasteiger partial charge in [-0.15, -0.1) is 11.3 Å². The first-order chi connectivity index (χ1) is 12.4. The normalized spacial score (nSPS) is 17.2. The minimum absolute atomic E-state index is 0.118. The molecule has 140 valence electrons. The van der Waals surface area contributed by atoms with Crippen molar-refractivity contribution in [2.45, 2.75) is 39.3 Å². The molecule has 0 aliphatic carbocycles. The number of carbonyl (C=O) groups is 1. The lowest BCUT2D eigenvalue weighted by Gasteiger charge is -2.24. The van der Waals surface area contributed by atoms with Gasteiger partial charge in [0.25, 0.3) is 11.5 Å². The molecule has 1 saturated heterocycles. The van der Waals surface area contributed by atoms with Gasteiger partial charge in [0.05, 0.1) is 10.6 Å². The number of amides is 1. The average Bonchev–Trinajstić information content (AvgIpc) is 3.20. The molecule has 0 radical (unpaired) electrons. The number of aryl methyl sites for hydroxylation is 2. The van der Waals surface area contributed by atoms with E-state index in [4.69, 9.17) is 5.73 Å². The van der Waals surface area contributed by atoms with Gasteiger partial charge in [0, 0.05) is 36.6 Å². The summed E-state index contributed by atoms with van der Waals surface area (Å²) < 4.78 is 0. The average molecular weight is 375 g/mol. The highest BCUT2D eigenvalue weighted by molar-refractivity contribution is 7.14. The molecule has 3 rings (SSSR count). The molecule has 7 nitrogen and oxygen atoms in total. The summed E-state index contributed by atoms with van der Waals surface area (Å²) in [7, 11) is 1.99. The second kappa shape index (κ2) is 7.59. The number of H-pyrrole nitrogens is 1. The molecule has 0 spiro atoms. The van der Waals surface area contributed by atoms with Crippen molar-refractivity contribution in [3.63, 3.8) is 0 Å². The van der Waals surface area contributed by atoms with Crippen molar-refractivity contribution < 1.29 is 4.79 Å². The number of nitrogens with one attached hydrogen (secondary N) is 1. The van der Waals surface area contributed by atoms with E-state index in [9.17, 15) is 9.59 Å². The van der Waals surface area contributed by atoms with Crippen LogP contribution in [0.1, 0.15) is 39.2 Å². The number of aromatic amines is 1. The first kappa shape index (κ1) is 18.6. The summed E-state index contributed by atoms with van der Waals surface area (Å²) in [6.45, 7) is 6.14. The minimum Gasteiger partial charge on any atom is -0.369 e. The molecule has 0 unspecified atom stereocenters. The fourth-order valence-corrected chi connectivity index (χ4v) is 4.49. The molecule has 1 fully saturated rings. The number of hydrogen-bond donors (Lipinski definition) is 2. The summed E-state index contributed by atoms with van der Waals surface area (Å²) in [5.74, 6) is 0.246. The molecule has 26 heavy (non-hydrogen) atoms. The highest BCUT2D eigenvalue weighted by Crippen LogP contribution is 2.26. The van der Waals surface area contributed by atoms with Crippen LogP contribution in [0.25, 0.3) is 0 Å². The summed E-state index contributed by atoms with van der Waals surface area (Å²) >= 11 is 1.60. The van der Waals surface area contributed by atoms with Crippen LogP contribution in [0.3, 0.4) is 0 Å². The zero-order valence-corrected chi connectivity index (χ0v) is 16.2. The third kappa shape index (κ3) is 3.96. The molecule has 0 saturated carbocycles. The predicted octanol–water partition coefficient (Wildman–Crippen LogP) is 1.63. The van der Waals surface area contributed by atoms with Gasteiger partial charge >= 0.3 is 0 Å². The Labute approximate surface area is 156 Å². The van der Waals surface area contributed by atoms with Crippen molar-refractivity contribution in [2.24, 2.45) is 0 Å². The molecule has 3 N–H and O–H groups in total. The summed E-state index contributed by atoms with van der Waals surface area (Å²) in [6.07, 6.45) is 1.87. The Hall–Kier alpha value is -2.19. The van der Waals surface area contributed by atoms with Gasteiger partial charge in [0.2, 0.25) is 5.95 Å². The largest absolute Gasteiger partial charge is 0.369 e. The van der Waals surface area contributed by atoms with Gasteiger partial charge in [-0.3, -0.25) is 19.5 Å². The molecule has 0 aromatic carbocycles. The number of nitrogens with two attached hydrogens (primary N) is 1. The number of nitrogen functional groups attached to an aromatic ring is 1. The Kier molecular flexibility index (Phi) is 5.43. The Bertz CT molecular complexity index is 860. The van der Waals surface area contributed by atoms with Crippen LogP contribution in [-0.4, -0.2) is 51.9 Å². The molecule has 2 aromatic rings. The van der Waals surface area contributed by atoms with Gasteiger partial charge < -0.3 is 10.6 Å². The van der Waals surface area contributed by atoms with E-state index in [2.05, 4.69) is 28.7 Å². The van der Waals surface area contributed by atoms with E-state index >= 15 is 0 Å². The van der Waals surface area contributed by atoms with Crippen molar-refractivity contribution in [3.8, 4) is 0 Å². The van der Waals surface area contributed by atoms with Gasteiger partial charge in [-0.1, -0.05) is 6.92 Å². The van der Waals surface area contributed by atoms with Gasteiger partial charge in [-0.05, 0) is 38.4 Å². The van der Waals surface area contributed by atoms with E-state index in [0.29, 0.717) is 18.8 Å². The van der Waals surface area contributed by atoms with E-state index in [1.54, 1.807) is 11.3 Å². The minimum atomic E-state index is -0.246. The fraction of sp³-hybridized carbons (Fsp3) is 0.500. The quantitative estimate of drug-likeness (QED) is 0.828. The maximum atomic E-state index is 12.8. The van der Waals surface area contributed by atoms with E-state index < -0.39 is 0 Å². The highest BCUT2D eigenvalue weighted by Gasteiger charge is 2.30. The van der Waals surface area contributed by atoms with Crippen LogP contribution >= 0.6 is 11.3 Å². The number of likely N-dealkylation sites (N-methyl/N-ethyl adjacent to an activating group) is 1. The van der Waals surface area contributed by atoms with E-state index in [1.807, 2.05) is 18.0 Å². The second-order valence-electron chi connectivity index (χ2n) is 6.80. The Morgan fingerprint density at radius 3 is 2.92 bits per heavy atom. The number of anilines is 1. The number of thiophene rings is 1. The van der Waals surface area contributed by atoms with Gasteiger partial charge in [-0.25, -0.2) is 4.98 Å². The molecule has 2 aromatic heterocycles. The van der Waals surface area contributed by atoms with Gasteiger partial charge in [0.15, 0.2) is 0 Å². The smallest absolute Gasteiger partial charge is 0.263 e. The van der Waals surface area contributed by atoms with E-state index in [1.165, 1.54) is 16.5 Å². The molecule has 8 heteroatoms. The van der Waals surface area contributed by atoms with Gasteiger partial charge in [0.1, 0.15) is 0 Å². The fourth-order valence-electron chi connectivity index (χ4n) is 3.41. The number of carbonyl (C=O) groups excluding carboxylic acids is 1. The molecule has 1 aliphatic heterocycles. The topological polar surface area (TPSA) is 95.3 Å². The summed E-state index contributed by atoms with van der Waals surface area (Å²) in [4.78, 5) is 37.1. The summed E-state index contributed by atoms with van der Waals surface area (Å²) in [5, 5.41) is 0. The zero-order chi connectivity index (χ0) is 18.8. The van der Waals surface area contributed by atoms with Crippen LogP contribution in [-0.2, 0) is 13.0 Å². The highest BCUT2D eigenvalue weighted by atomic mass is 32.1. The van der Waals surface area contributed by atoms with Gasteiger partial charge in [-0.2, -0.15) is 0 Å². The second-order valence-corrected chi connectivity index (χ2v) is 7.94. The third-order valence-corrected chi connectivity index (χ3v) is 6.22. The van der Waals surface area contributed by atoms with E-state index in [0.717, 1.165) is 24.3 Å². The molecule has 0 bridgehead atoms. The number of hydrogen-bond acceptors (Lipinski definition) is 6. The third-order valence-electron chi connectivity index (χ3n) is 4.85. The van der Waals surface area contributed by atoms with Crippen molar-refractivity contribution in [1.29, 1.82) is 0 Å². The number of aromatic nitrogens is 2. The number of nitrogens with zero attached hydrogens (tertiary/aromatic N) is 3. The SMILES string of the molecule is CCc1sc(C(=O)N2CC[C@@H](N(C)Cc3cc(=O)[nH]c(N)n3)C2)cc1C.